The van der Waals surface area contributed by atoms with E-state index >= 15 is 0 Å². The second-order valence-electron chi connectivity index (χ2n) is 3.35. The maximum Gasteiger partial charge on any atom is 0.222 e. The van der Waals surface area contributed by atoms with Gasteiger partial charge in [0, 0.05) is 18.8 Å². The van der Waals surface area contributed by atoms with Gasteiger partial charge in [-0.05, 0) is 18.0 Å². The van der Waals surface area contributed by atoms with E-state index in [0.29, 0.717) is 19.3 Å². The minimum atomic E-state index is -0.478. The first-order valence-corrected chi connectivity index (χ1v) is 4.74. The van der Waals surface area contributed by atoms with Gasteiger partial charge in [0.15, 0.2) is 5.82 Å². The Hall–Kier alpha value is -1.03. The van der Waals surface area contributed by atoms with E-state index in [1.165, 1.54) is 0 Å². The molecule has 74 valence electrons. The predicted molar refractivity (Wildman–Crippen MR) is 48.6 cm³/mol. The minimum Gasteiger partial charge on any atom is -0.300 e. The third-order valence-electron chi connectivity index (χ3n) is 2.37. The number of carbonyl (C=O) groups excluding carboxylic acids is 1. The molecule has 1 heterocycles. The molecular weight excluding hydrogens is 207 g/mol. The molecule has 0 spiro atoms. The molecule has 0 radical (unpaired) electrons. The number of Topliss-reactive ketones (excluding diaryl/α,β-unsaturated/α-hetero) is 1. The number of nitrogens with zero attached hydrogens (tertiary/aromatic N) is 2. The van der Waals surface area contributed by atoms with Crippen molar-refractivity contribution in [1.29, 1.82) is 0 Å². The zero-order valence-corrected chi connectivity index (χ0v) is 8.09. The molecule has 3 nitrogen and oxygen atoms in total. The van der Waals surface area contributed by atoms with E-state index in [1.54, 1.807) is 0 Å². The van der Waals surface area contributed by atoms with Crippen LogP contribution in [-0.4, -0.2) is 15.8 Å². The molecule has 1 aromatic rings. The van der Waals surface area contributed by atoms with Crippen molar-refractivity contribution < 1.29 is 9.18 Å². The van der Waals surface area contributed by atoms with E-state index in [0.717, 1.165) is 6.20 Å². The lowest BCUT2D eigenvalue weighted by Gasteiger charge is -2.07. The van der Waals surface area contributed by atoms with Gasteiger partial charge in [-0.25, -0.2) is 14.4 Å². The molecule has 2 rings (SSSR count). The molecular formula is C9H8ClFN2O. The highest BCUT2D eigenvalue weighted by Crippen LogP contribution is 2.32. The molecule has 1 saturated carbocycles. The molecule has 0 aromatic carbocycles. The van der Waals surface area contributed by atoms with Crippen LogP contribution < -0.4 is 0 Å². The highest BCUT2D eigenvalue weighted by Gasteiger charge is 2.27. The van der Waals surface area contributed by atoms with Gasteiger partial charge in [-0.1, -0.05) is 0 Å². The Kier molecular flexibility index (Phi) is 2.46. The van der Waals surface area contributed by atoms with Gasteiger partial charge in [0.05, 0.1) is 11.9 Å². The Labute approximate surface area is 85.3 Å². The van der Waals surface area contributed by atoms with Crippen molar-refractivity contribution in [3.8, 4) is 0 Å². The molecule has 0 aliphatic heterocycles. The van der Waals surface area contributed by atoms with E-state index in [1.807, 2.05) is 0 Å². The van der Waals surface area contributed by atoms with Crippen molar-refractivity contribution in [1.82, 2.24) is 9.97 Å². The van der Waals surface area contributed by atoms with E-state index in [-0.39, 0.29) is 22.7 Å². The molecule has 1 aliphatic rings. The van der Waals surface area contributed by atoms with Crippen molar-refractivity contribution in [3.05, 3.63) is 23.0 Å². The maximum absolute atomic E-state index is 13.3. The lowest BCUT2D eigenvalue weighted by molar-refractivity contribution is -0.117. The maximum atomic E-state index is 13.3. The largest absolute Gasteiger partial charge is 0.300 e. The van der Waals surface area contributed by atoms with E-state index in [2.05, 4.69) is 9.97 Å². The number of hydrogen-bond acceptors (Lipinski definition) is 3. The average Bonchev–Trinajstić information content (AvgIpc) is 2.56. The quantitative estimate of drug-likeness (QED) is 0.673. The summed E-state index contributed by atoms with van der Waals surface area (Å²) in [4.78, 5) is 18.4. The Balaban J connectivity index is 2.31. The minimum absolute atomic E-state index is 0.0285. The number of ketones is 1. The summed E-state index contributed by atoms with van der Waals surface area (Å²) in [6.45, 7) is 0. The third kappa shape index (κ3) is 1.75. The highest BCUT2D eigenvalue weighted by molar-refractivity contribution is 6.28. The SMILES string of the molecule is O=C1CCC(c2nc(Cl)ncc2F)C1. The second-order valence-corrected chi connectivity index (χ2v) is 3.69. The first-order valence-electron chi connectivity index (χ1n) is 4.36. The van der Waals surface area contributed by atoms with Gasteiger partial charge in [-0.15, -0.1) is 0 Å². The average molecular weight is 215 g/mol. The van der Waals surface area contributed by atoms with Crippen molar-refractivity contribution in [2.24, 2.45) is 0 Å². The fourth-order valence-corrected chi connectivity index (χ4v) is 1.83. The summed E-state index contributed by atoms with van der Waals surface area (Å²) in [6.07, 6.45) is 2.58. The fourth-order valence-electron chi connectivity index (χ4n) is 1.69. The molecule has 0 amide bonds. The van der Waals surface area contributed by atoms with Crippen LogP contribution in [0.3, 0.4) is 0 Å². The van der Waals surface area contributed by atoms with Gasteiger partial charge in [0.2, 0.25) is 5.28 Å². The van der Waals surface area contributed by atoms with Crippen LogP contribution in [0.4, 0.5) is 4.39 Å². The molecule has 1 aliphatic carbocycles. The third-order valence-corrected chi connectivity index (χ3v) is 2.56. The van der Waals surface area contributed by atoms with Crippen LogP contribution in [0.1, 0.15) is 30.9 Å². The molecule has 1 unspecified atom stereocenters. The van der Waals surface area contributed by atoms with Crippen LogP contribution in [0.5, 0.6) is 0 Å². The van der Waals surface area contributed by atoms with Gasteiger partial charge in [0.1, 0.15) is 5.78 Å². The van der Waals surface area contributed by atoms with Crippen LogP contribution >= 0.6 is 11.6 Å². The lowest BCUT2D eigenvalue weighted by atomic mass is 10.0. The van der Waals surface area contributed by atoms with E-state index in [9.17, 15) is 9.18 Å². The first-order chi connectivity index (χ1) is 6.66. The summed E-state index contributed by atoms with van der Waals surface area (Å²) >= 11 is 5.56. The molecule has 5 heteroatoms. The molecule has 1 fully saturated rings. The van der Waals surface area contributed by atoms with Crippen molar-refractivity contribution in [3.63, 3.8) is 0 Å². The zero-order chi connectivity index (χ0) is 10.1. The Morgan fingerprint density at radius 2 is 2.36 bits per heavy atom. The number of carbonyl (C=O) groups is 1. The number of hydrogen-bond donors (Lipinski definition) is 0. The van der Waals surface area contributed by atoms with E-state index < -0.39 is 5.82 Å². The van der Waals surface area contributed by atoms with Crippen LogP contribution in [0, 0.1) is 5.82 Å². The van der Waals surface area contributed by atoms with Crippen LogP contribution in [-0.2, 0) is 4.79 Å². The summed E-state index contributed by atoms with van der Waals surface area (Å²) in [7, 11) is 0. The Morgan fingerprint density at radius 3 is 3.00 bits per heavy atom. The van der Waals surface area contributed by atoms with Gasteiger partial charge >= 0.3 is 0 Å². The summed E-state index contributed by atoms with van der Waals surface area (Å²) in [5.74, 6) is -0.443. The number of aromatic nitrogens is 2. The molecule has 0 saturated heterocycles. The molecule has 14 heavy (non-hydrogen) atoms. The Bertz CT molecular complexity index is 383. The zero-order valence-electron chi connectivity index (χ0n) is 7.33. The van der Waals surface area contributed by atoms with Gasteiger partial charge < -0.3 is 0 Å². The van der Waals surface area contributed by atoms with E-state index in [4.69, 9.17) is 11.6 Å². The summed E-state index contributed by atoms with van der Waals surface area (Å²) < 4.78 is 13.3. The molecule has 1 atom stereocenters. The van der Waals surface area contributed by atoms with Gasteiger partial charge in [-0.2, -0.15) is 0 Å². The number of halogens is 2. The van der Waals surface area contributed by atoms with Crippen molar-refractivity contribution in [2.45, 2.75) is 25.2 Å². The topological polar surface area (TPSA) is 42.9 Å². The molecule has 0 N–H and O–H groups in total. The normalized spacial score (nSPS) is 21.6. The predicted octanol–water partition coefficient (Wildman–Crippen LogP) is 2.11. The molecule has 0 bridgehead atoms. The summed E-state index contributed by atoms with van der Waals surface area (Å²) in [5.41, 5.74) is 0.274. The van der Waals surface area contributed by atoms with Gasteiger partial charge in [-0.3, -0.25) is 4.79 Å². The van der Waals surface area contributed by atoms with Gasteiger partial charge in [0.25, 0.3) is 0 Å². The molecule has 1 aromatic heterocycles. The second kappa shape index (κ2) is 3.61. The Morgan fingerprint density at radius 1 is 1.57 bits per heavy atom. The van der Waals surface area contributed by atoms with Crippen molar-refractivity contribution in [2.75, 3.05) is 0 Å². The smallest absolute Gasteiger partial charge is 0.222 e. The lowest BCUT2D eigenvalue weighted by Crippen LogP contribution is -2.03. The van der Waals surface area contributed by atoms with Crippen LogP contribution in [0.2, 0.25) is 5.28 Å². The number of rotatable bonds is 1. The standard InChI is InChI=1S/C9H8ClFN2O/c10-9-12-4-7(11)8(13-9)5-1-2-6(14)3-5/h4-5H,1-3H2. The van der Waals surface area contributed by atoms with Crippen LogP contribution in [0.15, 0.2) is 6.20 Å². The van der Waals surface area contributed by atoms with Crippen LogP contribution in [0.25, 0.3) is 0 Å². The summed E-state index contributed by atoms with van der Waals surface area (Å²) in [5, 5.41) is 0.0285. The fraction of sp³-hybridized carbons (Fsp3) is 0.444. The highest BCUT2D eigenvalue weighted by atomic mass is 35.5. The summed E-state index contributed by atoms with van der Waals surface area (Å²) in [6, 6.07) is 0. The monoisotopic (exact) mass is 214 g/mol. The van der Waals surface area contributed by atoms with Crippen molar-refractivity contribution >= 4 is 17.4 Å². The first kappa shape index (κ1) is 9.52.